The van der Waals surface area contributed by atoms with Crippen molar-refractivity contribution in [1.82, 2.24) is 0 Å². The number of carbonyl (C=O) groups is 2. The first kappa shape index (κ1) is 32.1. The van der Waals surface area contributed by atoms with Crippen LogP contribution in [0, 0.1) is 28.6 Å². The molecule has 1 unspecified atom stereocenters. The molecule has 31 heavy (non-hydrogen) atoms. The van der Waals surface area contributed by atoms with Crippen LogP contribution in [0.4, 0.5) is 0 Å². The maximum Gasteiger partial charge on any atom is 0.311 e. The Labute approximate surface area is 194 Å². The normalized spacial score (nSPS) is 13.1. The molecule has 0 aromatic rings. The zero-order valence-electron chi connectivity index (χ0n) is 22.9. The van der Waals surface area contributed by atoms with Crippen molar-refractivity contribution in [2.75, 3.05) is 6.61 Å². The molecule has 0 aliphatic carbocycles. The van der Waals surface area contributed by atoms with Gasteiger partial charge in [0.25, 0.3) is 0 Å². The molecule has 0 bridgehead atoms. The molecule has 0 aliphatic heterocycles. The van der Waals surface area contributed by atoms with Crippen LogP contribution in [0.15, 0.2) is 0 Å². The summed E-state index contributed by atoms with van der Waals surface area (Å²) in [6, 6.07) is 0. The van der Waals surface area contributed by atoms with Crippen molar-refractivity contribution in [2.45, 2.75) is 128 Å². The monoisotopic (exact) mass is 442 g/mol. The van der Waals surface area contributed by atoms with Crippen LogP contribution in [0.25, 0.3) is 0 Å². The molecule has 0 saturated heterocycles. The van der Waals surface area contributed by atoms with Gasteiger partial charge in [0.2, 0.25) is 0 Å². The smallest absolute Gasteiger partial charge is 0.311 e. The molecule has 0 aliphatic rings. The standard InChI is InChI=1S/C14H28O2.C13H26O2/c1-6-9-10-12(7-2)11-16-13(15)14(4,5)8-3;1-8-13(6,7)12(14)15-11(9(2)3)10(4)5/h12H,6-11H2,1-5H3;9-11H,8H2,1-7H3. The second-order valence-corrected chi connectivity index (χ2v) is 10.8. The van der Waals surface area contributed by atoms with Crippen molar-refractivity contribution < 1.29 is 19.1 Å². The number of esters is 2. The summed E-state index contributed by atoms with van der Waals surface area (Å²) in [6.07, 6.45) is 6.39. The molecule has 0 fully saturated rings. The van der Waals surface area contributed by atoms with E-state index in [1.54, 1.807) is 0 Å². The molecular formula is C27H54O4. The number of carbonyl (C=O) groups excluding carboxylic acids is 2. The summed E-state index contributed by atoms with van der Waals surface area (Å²) < 4.78 is 11.0. The van der Waals surface area contributed by atoms with Crippen LogP contribution in [0.3, 0.4) is 0 Å². The van der Waals surface area contributed by atoms with E-state index >= 15 is 0 Å². The lowest BCUT2D eigenvalue weighted by atomic mass is 9.89. The topological polar surface area (TPSA) is 52.6 Å². The first-order valence-corrected chi connectivity index (χ1v) is 12.6. The van der Waals surface area contributed by atoms with Gasteiger partial charge in [-0.2, -0.15) is 0 Å². The Bertz CT molecular complexity index is 483. The SMILES string of the molecule is CCC(C)(C)C(=O)OC(C(C)C)C(C)C.CCCCC(CC)COC(=O)C(C)(C)CC. The minimum atomic E-state index is -0.359. The van der Waals surface area contributed by atoms with Crippen molar-refractivity contribution in [2.24, 2.45) is 28.6 Å². The number of hydrogen-bond donors (Lipinski definition) is 0. The summed E-state index contributed by atoms with van der Waals surface area (Å²) in [6.45, 7) is 25.1. The van der Waals surface area contributed by atoms with Crippen molar-refractivity contribution in [3.05, 3.63) is 0 Å². The minimum absolute atomic E-state index is 0.0309. The Kier molecular flexibility index (Phi) is 16.3. The quantitative estimate of drug-likeness (QED) is 0.273. The largest absolute Gasteiger partial charge is 0.465 e. The molecule has 4 heteroatoms. The van der Waals surface area contributed by atoms with E-state index in [2.05, 4.69) is 41.5 Å². The summed E-state index contributed by atoms with van der Waals surface area (Å²) in [7, 11) is 0. The Morgan fingerprint density at radius 3 is 1.58 bits per heavy atom. The Morgan fingerprint density at radius 2 is 1.23 bits per heavy atom. The molecule has 0 heterocycles. The zero-order valence-corrected chi connectivity index (χ0v) is 22.9. The van der Waals surface area contributed by atoms with Gasteiger partial charge in [0.05, 0.1) is 17.4 Å². The molecule has 0 aromatic heterocycles. The second-order valence-electron chi connectivity index (χ2n) is 10.8. The van der Waals surface area contributed by atoms with E-state index in [1.165, 1.54) is 19.3 Å². The van der Waals surface area contributed by atoms with Gasteiger partial charge in [0, 0.05) is 0 Å². The van der Waals surface area contributed by atoms with E-state index in [9.17, 15) is 9.59 Å². The average molecular weight is 443 g/mol. The van der Waals surface area contributed by atoms with E-state index in [1.807, 2.05) is 41.5 Å². The van der Waals surface area contributed by atoms with Crippen LogP contribution < -0.4 is 0 Å². The van der Waals surface area contributed by atoms with Crippen LogP contribution in [-0.2, 0) is 19.1 Å². The van der Waals surface area contributed by atoms with Gasteiger partial charge in [-0.3, -0.25) is 9.59 Å². The van der Waals surface area contributed by atoms with Gasteiger partial charge in [-0.15, -0.1) is 0 Å². The molecule has 1 atom stereocenters. The molecule has 186 valence electrons. The highest BCUT2D eigenvalue weighted by Gasteiger charge is 2.31. The van der Waals surface area contributed by atoms with Gasteiger partial charge in [0.1, 0.15) is 6.10 Å². The van der Waals surface area contributed by atoms with E-state index in [0.29, 0.717) is 24.4 Å². The second kappa shape index (κ2) is 15.7. The lowest BCUT2D eigenvalue weighted by Crippen LogP contribution is -2.35. The fraction of sp³-hybridized carbons (Fsp3) is 0.926. The average Bonchev–Trinajstić information content (AvgIpc) is 2.71. The summed E-state index contributed by atoms with van der Waals surface area (Å²) >= 11 is 0. The van der Waals surface area contributed by atoms with E-state index in [0.717, 1.165) is 19.3 Å². The molecule has 0 N–H and O–H groups in total. The van der Waals surface area contributed by atoms with Gasteiger partial charge in [-0.25, -0.2) is 0 Å². The molecule has 0 rings (SSSR count). The Morgan fingerprint density at radius 1 is 0.774 bits per heavy atom. The number of hydrogen-bond acceptors (Lipinski definition) is 4. The highest BCUT2D eigenvalue weighted by molar-refractivity contribution is 5.76. The van der Waals surface area contributed by atoms with Crippen LogP contribution in [0.5, 0.6) is 0 Å². The van der Waals surface area contributed by atoms with Crippen LogP contribution >= 0.6 is 0 Å². The summed E-state index contributed by atoms with van der Waals surface area (Å²) in [5.41, 5.74) is -0.689. The van der Waals surface area contributed by atoms with E-state index in [-0.39, 0.29) is 28.9 Å². The molecule has 0 amide bonds. The van der Waals surface area contributed by atoms with Gasteiger partial charge >= 0.3 is 11.9 Å². The lowest BCUT2D eigenvalue weighted by molar-refractivity contribution is -0.164. The number of unbranched alkanes of at least 4 members (excludes halogenated alkanes) is 1. The van der Waals surface area contributed by atoms with Crippen molar-refractivity contribution in [3.63, 3.8) is 0 Å². The van der Waals surface area contributed by atoms with Gasteiger partial charge < -0.3 is 9.47 Å². The third-order valence-electron chi connectivity index (χ3n) is 6.42. The fourth-order valence-electron chi connectivity index (χ4n) is 2.90. The summed E-state index contributed by atoms with van der Waals surface area (Å²) in [4.78, 5) is 23.7. The zero-order chi connectivity index (χ0) is 24.8. The molecule has 0 radical (unpaired) electrons. The minimum Gasteiger partial charge on any atom is -0.465 e. The van der Waals surface area contributed by atoms with Crippen LogP contribution in [0.2, 0.25) is 0 Å². The highest BCUT2D eigenvalue weighted by atomic mass is 16.5. The number of ether oxygens (including phenoxy) is 2. The predicted molar refractivity (Wildman–Crippen MR) is 132 cm³/mol. The molecule has 0 spiro atoms. The summed E-state index contributed by atoms with van der Waals surface area (Å²) in [5.74, 6) is 1.17. The molecular weight excluding hydrogens is 388 g/mol. The predicted octanol–water partition coefficient (Wildman–Crippen LogP) is 7.83. The summed E-state index contributed by atoms with van der Waals surface area (Å²) in [5, 5.41) is 0. The first-order valence-electron chi connectivity index (χ1n) is 12.6. The third kappa shape index (κ3) is 13.2. The third-order valence-corrected chi connectivity index (χ3v) is 6.42. The number of rotatable bonds is 13. The Hall–Kier alpha value is -1.06. The lowest BCUT2D eigenvalue weighted by Gasteiger charge is -2.29. The molecule has 0 saturated carbocycles. The van der Waals surface area contributed by atoms with Gasteiger partial charge in [-0.1, -0.05) is 74.7 Å². The highest BCUT2D eigenvalue weighted by Crippen LogP contribution is 2.26. The van der Waals surface area contributed by atoms with Gasteiger partial charge in [-0.05, 0) is 64.7 Å². The Balaban J connectivity index is 0. The fourth-order valence-corrected chi connectivity index (χ4v) is 2.90. The van der Waals surface area contributed by atoms with Crippen molar-refractivity contribution in [3.8, 4) is 0 Å². The van der Waals surface area contributed by atoms with E-state index in [4.69, 9.17) is 9.47 Å². The van der Waals surface area contributed by atoms with Gasteiger partial charge in [0.15, 0.2) is 0 Å². The van der Waals surface area contributed by atoms with Crippen molar-refractivity contribution in [1.29, 1.82) is 0 Å². The van der Waals surface area contributed by atoms with Crippen LogP contribution in [-0.4, -0.2) is 24.6 Å². The maximum atomic E-state index is 11.9. The molecule has 4 nitrogen and oxygen atoms in total. The molecule has 0 aromatic carbocycles. The first-order chi connectivity index (χ1) is 14.2. The van der Waals surface area contributed by atoms with Crippen molar-refractivity contribution >= 4 is 11.9 Å². The maximum absolute atomic E-state index is 11.9. The van der Waals surface area contributed by atoms with E-state index < -0.39 is 0 Å². The van der Waals surface area contributed by atoms with Crippen LogP contribution in [0.1, 0.15) is 122 Å².